The fourth-order valence-electron chi connectivity index (χ4n) is 4.60. The molecule has 3 aromatic rings. The molecule has 2 aliphatic rings. The van der Waals surface area contributed by atoms with Gasteiger partial charge in [-0.25, -0.2) is 4.98 Å². The van der Waals surface area contributed by atoms with Gasteiger partial charge < -0.3 is 4.90 Å². The number of carbonyl (C=O) groups excluding carboxylic acids is 1. The highest BCUT2D eigenvalue weighted by atomic mass is 32.2. The Labute approximate surface area is 189 Å². The number of benzene rings is 1. The number of nitrogens with zero attached hydrogens (tertiary/aromatic N) is 3. The van der Waals surface area contributed by atoms with Crippen LogP contribution in [0.3, 0.4) is 0 Å². The first-order valence-electron chi connectivity index (χ1n) is 10.8. The van der Waals surface area contributed by atoms with Crippen LogP contribution in [0.5, 0.6) is 0 Å². The number of aryl methyl sites for hydroxylation is 2. The van der Waals surface area contributed by atoms with Crippen LogP contribution < -0.4 is 10.5 Å². The van der Waals surface area contributed by atoms with Crippen molar-refractivity contribution in [2.45, 2.75) is 50.2 Å². The SMILES string of the molecule is C=CCn1c(SCC(=O)N2CCc3ccccc32)nc2sc3c(c2c1=O)CCCCC3. The second kappa shape index (κ2) is 8.63. The number of hydrogen-bond donors (Lipinski definition) is 0. The third-order valence-electron chi connectivity index (χ3n) is 6.11. The number of amides is 1. The average Bonchev–Trinajstić information content (AvgIpc) is 3.28. The molecule has 31 heavy (non-hydrogen) atoms. The van der Waals surface area contributed by atoms with Crippen molar-refractivity contribution in [1.29, 1.82) is 0 Å². The Balaban J connectivity index is 1.45. The molecule has 0 atom stereocenters. The van der Waals surface area contributed by atoms with Gasteiger partial charge in [0.2, 0.25) is 5.91 Å². The number of aromatic nitrogens is 2. The van der Waals surface area contributed by atoms with Crippen molar-refractivity contribution in [3.63, 3.8) is 0 Å². The molecule has 1 aromatic carbocycles. The Bertz CT molecular complexity index is 1230. The van der Waals surface area contributed by atoms with E-state index in [9.17, 15) is 9.59 Å². The van der Waals surface area contributed by atoms with Crippen molar-refractivity contribution in [2.24, 2.45) is 0 Å². The lowest BCUT2D eigenvalue weighted by atomic mass is 10.1. The number of carbonyl (C=O) groups is 1. The molecule has 2 aromatic heterocycles. The van der Waals surface area contributed by atoms with Gasteiger partial charge in [-0.05, 0) is 49.3 Å². The van der Waals surface area contributed by atoms with Crippen LogP contribution in [-0.4, -0.2) is 27.8 Å². The largest absolute Gasteiger partial charge is 0.311 e. The van der Waals surface area contributed by atoms with Gasteiger partial charge >= 0.3 is 0 Å². The van der Waals surface area contributed by atoms with Crippen LogP contribution in [0.25, 0.3) is 10.2 Å². The molecule has 5 nitrogen and oxygen atoms in total. The van der Waals surface area contributed by atoms with E-state index in [0.717, 1.165) is 41.6 Å². The van der Waals surface area contributed by atoms with E-state index in [1.807, 2.05) is 23.1 Å². The molecular formula is C24H25N3O2S2. The van der Waals surface area contributed by atoms with E-state index < -0.39 is 0 Å². The first-order chi connectivity index (χ1) is 15.2. The average molecular weight is 452 g/mol. The summed E-state index contributed by atoms with van der Waals surface area (Å²) < 4.78 is 1.68. The first kappa shape index (κ1) is 20.5. The Hall–Kier alpha value is -2.38. The minimum absolute atomic E-state index is 0.00534. The monoisotopic (exact) mass is 451 g/mol. The third kappa shape index (κ3) is 3.74. The van der Waals surface area contributed by atoms with E-state index in [1.54, 1.807) is 22.0 Å². The van der Waals surface area contributed by atoms with Gasteiger partial charge in [0.15, 0.2) is 5.16 Å². The lowest BCUT2D eigenvalue weighted by molar-refractivity contribution is -0.116. The topological polar surface area (TPSA) is 55.2 Å². The molecule has 1 amide bonds. The molecule has 7 heteroatoms. The van der Waals surface area contributed by atoms with Crippen molar-refractivity contribution in [2.75, 3.05) is 17.2 Å². The third-order valence-corrected chi connectivity index (χ3v) is 8.26. The number of allylic oxidation sites excluding steroid dienone is 1. The van der Waals surface area contributed by atoms with Crippen LogP contribution in [0.4, 0.5) is 5.69 Å². The molecule has 5 rings (SSSR count). The van der Waals surface area contributed by atoms with Gasteiger partial charge in [-0.15, -0.1) is 17.9 Å². The summed E-state index contributed by atoms with van der Waals surface area (Å²) in [6.45, 7) is 4.93. The van der Waals surface area contributed by atoms with Gasteiger partial charge in [-0.3, -0.25) is 14.2 Å². The summed E-state index contributed by atoms with van der Waals surface area (Å²) in [5.41, 5.74) is 3.42. The van der Waals surface area contributed by atoms with Crippen LogP contribution in [-0.2, 0) is 30.6 Å². The zero-order chi connectivity index (χ0) is 21.4. The number of anilines is 1. The molecule has 0 saturated heterocycles. The predicted octanol–water partition coefficient (Wildman–Crippen LogP) is 4.59. The normalized spacial score (nSPS) is 15.5. The van der Waals surface area contributed by atoms with Crippen LogP contribution in [0.1, 0.15) is 35.3 Å². The van der Waals surface area contributed by atoms with Gasteiger partial charge in [0, 0.05) is 23.7 Å². The summed E-state index contributed by atoms with van der Waals surface area (Å²) in [7, 11) is 0. The maximum atomic E-state index is 13.4. The molecule has 1 aliphatic carbocycles. The van der Waals surface area contributed by atoms with E-state index in [4.69, 9.17) is 4.98 Å². The first-order valence-corrected chi connectivity index (χ1v) is 12.6. The van der Waals surface area contributed by atoms with Crippen molar-refractivity contribution in [3.05, 3.63) is 63.3 Å². The Kier molecular flexibility index (Phi) is 5.71. The van der Waals surface area contributed by atoms with Crippen molar-refractivity contribution >= 4 is 44.9 Å². The van der Waals surface area contributed by atoms with Crippen LogP contribution in [0.15, 0.2) is 46.9 Å². The zero-order valence-electron chi connectivity index (χ0n) is 17.4. The molecule has 1 aliphatic heterocycles. The Morgan fingerprint density at radius 1 is 1.19 bits per heavy atom. The minimum Gasteiger partial charge on any atom is -0.311 e. The van der Waals surface area contributed by atoms with Crippen molar-refractivity contribution < 1.29 is 4.79 Å². The summed E-state index contributed by atoms with van der Waals surface area (Å²) in [5.74, 6) is 0.311. The highest BCUT2D eigenvalue weighted by molar-refractivity contribution is 7.99. The number of hydrogen-bond acceptors (Lipinski definition) is 5. The molecule has 3 heterocycles. The van der Waals surface area contributed by atoms with Crippen molar-refractivity contribution in [1.82, 2.24) is 9.55 Å². The second-order valence-electron chi connectivity index (χ2n) is 8.06. The Morgan fingerprint density at radius 3 is 2.90 bits per heavy atom. The van der Waals surface area contributed by atoms with Gasteiger partial charge in [0.25, 0.3) is 5.56 Å². The summed E-state index contributed by atoms with van der Waals surface area (Å²) >= 11 is 3.01. The van der Waals surface area contributed by atoms with Crippen LogP contribution in [0.2, 0.25) is 0 Å². The maximum absolute atomic E-state index is 13.4. The van der Waals surface area contributed by atoms with Gasteiger partial charge in [-0.1, -0.05) is 42.5 Å². The number of para-hydroxylation sites is 1. The highest BCUT2D eigenvalue weighted by Crippen LogP contribution is 2.34. The standard InChI is InChI=1S/C24H25N3O2S2/c1-2-13-27-23(29)21-17-9-4-3-5-11-19(17)31-22(21)25-24(27)30-15-20(28)26-14-12-16-8-6-7-10-18(16)26/h2,6-8,10H,1,3-5,9,11-15H2. The molecule has 0 N–H and O–H groups in total. The summed E-state index contributed by atoms with van der Waals surface area (Å²) in [6, 6.07) is 8.06. The van der Waals surface area contributed by atoms with E-state index >= 15 is 0 Å². The number of thiophene rings is 1. The minimum atomic E-state index is 0.00534. The number of rotatable bonds is 5. The fraction of sp³-hybridized carbons (Fsp3) is 0.375. The van der Waals surface area contributed by atoms with E-state index in [2.05, 4.69) is 12.6 Å². The van der Waals surface area contributed by atoms with Gasteiger partial charge in [0.05, 0.1) is 11.1 Å². The molecule has 0 bridgehead atoms. The summed E-state index contributed by atoms with van der Waals surface area (Å²) in [5, 5.41) is 1.39. The second-order valence-corrected chi connectivity index (χ2v) is 10.1. The smallest absolute Gasteiger partial charge is 0.263 e. The molecule has 0 radical (unpaired) electrons. The van der Waals surface area contributed by atoms with Gasteiger partial charge in [-0.2, -0.15) is 0 Å². The molecule has 0 unspecified atom stereocenters. The molecular weight excluding hydrogens is 426 g/mol. The van der Waals surface area contributed by atoms with Crippen molar-refractivity contribution in [3.8, 4) is 0 Å². The fourth-order valence-corrected chi connectivity index (χ4v) is 6.79. The van der Waals surface area contributed by atoms with Gasteiger partial charge in [0.1, 0.15) is 4.83 Å². The number of thioether (sulfide) groups is 1. The molecule has 0 saturated carbocycles. The van der Waals surface area contributed by atoms with Crippen LogP contribution >= 0.6 is 23.1 Å². The van der Waals surface area contributed by atoms with E-state index in [-0.39, 0.29) is 17.2 Å². The molecule has 0 fully saturated rings. The molecule has 160 valence electrons. The summed E-state index contributed by atoms with van der Waals surface area (Å²) in [4.78, 5) is 35.2. The van der Waals surface area contributed by atoms with E-state index in [1.165, 1.54) is 40.6 Å². The van der Waals surface area contributed by atoms with E-state index in [0.29, 0.717) is 18.2 Å². The quantitative estimate of drug-likeness (QED) is 0.246. The molecule has 0 spiro atoms. The maximum Gasteiger partial charge on any atom is 0.263 e. The predicted molar refractivity (Wildman–Crippen MR) is 129 cm³/mol. The lowest BCUT2D eigenvalue weighted by Crippen LogP contribution is -2.31. The van der Waals surface area contributed by atoms with Crippen LogP contribution in [0, 0.1) is 0 Å². The zero-order valence-corrected chi connectivity index (χ0v) is 19.1. The summed E-state index contributed by atoms with van der Waals surface area (Å²) in [6.07, 6.45) is 8.12. The number of fused-ring (bicyclic) bond motifs is 4. The Morgan fingerprint density at radius 2 is 2.03 bits per heavy atom. The lowest BCUT2D eigenvalue weighted by Gasteiger charge is -2.17. The highest BCUT2D eigenvalue weighted by Gasteiger charge is 2.25.